The summed E-state index contributed by atoms with van der Waals surface area (Å²) in [4.78, 5) is 40.3. The van der Waals surface area contributed by atoms with Crippen LogP contribution in [0, 0.1) is 5.82 Å². The van der Waals surface area contributed by atoms with Crippen LogP contribution in [-0.4, -0.2) is 41.7 Å². The summed E-state index contributed by atoms with van der Waals surface area (Å²) in [6.07, 6.45) is 0.734. The van der Waals surface area contributed by atoms with Crippen LogP contribution in [0.4, 0.5) is 10.1 Å². The van der Waals surface area contributed by atoms with Crippen LogP contribution in [0.25, 0.3) is 22.3 Å². The lowest BCUT2D eigenvalue weighted by Crippen LogP contribution is -2.22. The minimum atomic E-state index is -0.432. The average molecular weight is 498 g/mol. The van der Waals surface area contributed by atoms with Crippen LogP contribution in [0.2, 0.25) is 0 Å². The molecular formula is C30H28FN3O3. The Kier molecular flexibility index (Phi) is 7.34. The first-order valence-corrected chi connectivity index (χ1v) is 11.9. The van der Waals surface area contributed by atoms with Crippen molar-refractivity contribution in [1.82, 2.24) is 9.47 Å². The fourth-order valence-corrected chi connectivity index (χ4v) is 4.46. The zero-order chi connectivity index (χ0) is 26.7. The van der Waals surface area contributed by atoms with Gasteiger partial charge in [0, 0.05) is 42.5 Å². The molecule has 188 valence electrons. The minimum Gasteiger partial charge on any atom is -0.345 e. The quantitative estimate of drug-likeness (QED) is 0.304. The summed E-state index contributed by atoms with van der Waals surface area (Å²) in [6, 6.07) is 21.7. The highest BCUT2D eigenvalue weighted by molar-refractivity contribution is 6.13. The van der Waals surface area contributed by atoms with Crippen molar-refractivity contribution in [3.05, 3.63) is 102 Å². The second-order valence-corrected chi connectivity index (χ2v) is 9.17. The summed E-state index contributed by atoms with van der Waals surface area (Å²) in [6.45, 7) is 3.78. The van der Waals surface area contributed by atoms with Crippen molar-refractivity contribution < 1.29 is 18.8 Å². The topological polar surface area (TPSA) is 71.4 Å². The third kappa shape index (κ3) is 5.07. The molecule has 1 heterocycles. The van der Waals surface area contributed by atoms with Gasteiger partial charge < -0.3 is 14.8 Å². The molecule has 0 radical (unpaired) electrons. The molecule has 0 atom stereocenters. The van der Waals surface area contributed by atoms with Crippen molar-refractivity contribution >= 4 is 23.8 Å². The number of aldehydes is 1. The lowest BCUT2D eigenvalue weighted by atomic mass is 9.94. The lowest BCUT2D eigenvalue weighted by molar-refractivity contribution is 0.0827. The number of carbonyl (C=O) groups excluding carboxylic acids is 3. The molecule has 2 amide bonds. The molecule has 3 aromatic carbocycles. The van der Waals surface area contributed by atoms with Gasteiger partial charge in [0.15, 0.2) is 6.29 Å². The highest BCUT2D eigenvalue weighted by Gasteiger charge is 2.30. The minimum absolute atomic E-state index is 0.187. The molecule has 0 saturated carbocycles. The summed E-state index contributed by atoms with van der Waals surface area (Å²) in [5.74, 6) is -1.02. The van der Waals surface area contributed by atoms with Gasteiger partial charge in [-0.05, 0) is 55.3 Å². The largest absolute Gasteiger partial charge is 0.345 e. The van der Waals surface area contributed by atoms with Crippen molar-refractivity contribution in [2.75, 3.05) is 19.4 Å². The number of hydrogen-bond donors (Lipinski definition) is 1. The predicted octanol–water partition coefficient (Wildman–Crippen LogP) is 6.31. The summed E-state index contributed by atoms with van der Waals surface area (Å²) in [7, 11) is 3.32. The molecule has 0 spiro atoms. The smallest absolute Gasteiger partial charge is 0.272 e. The molecule has 1 N–H and O–H groups in total. The molecule has 0 aliphatic rings. The van der Waals surface area contributed by atoms with Crippen LogP contribution < -0.4 is 5.32 Å². The normalized spacial score (nSPS) is 10.9. The third-order valence-electron chi connectivity index (χ3n) is 6.06. The fraction of sp³-hybridized carbons (Fsp3) is 0.167. The van der Waals surface area contributed by atoms with E-state index in [0.29, 0.717) is 39.3 Å². The van der Waals surface area contributed by atoms with Gasteiger partial charge in [0.2, 0.25) is 0 Å². The van der Waals surface area contributed by atoms with Gasteiger partial charge in [0.05, 0.1) is 5.69 Å². The van der Waals surface area contributed by atoms with Gasteiger partial charge in [-0.2, -0.15) is 0 Å². The monoisotopic (exact) mass is 497 g/mol. The van der Waals surface area contributed by atoms with Crippen molar-refractivity contribution in [2.45, 2.75) is 19.9 Å². The zero-order valence-electron chi connectivity index (χ0n) is 21.2. The average Bonchev–Trinajstić information content (AvgIpc) is 3.25. The summed E-state index contributed by atoms with van der Waals surface area (Å²) >= 11 is 0. The van der Waals surface area contributed by atoms with E-state index >= 15 is 0 Å². The van der Waals surface area contributed by atoms with Crippen molar-refractivity contribution in [1.29, 1.82) is 0 Å². The Morgan fingerprint density at radius 2 is 1.54 bits per heavy atom. The van der Waals surface area contributed by atoms with E-state index in [-0.39, 0.29) is 11.9 Å². The highest BCUT2D eigenvalue weighted by Crippen LogP contribution is 2.41. The van der Waals surface area contributed by atoms with Gasteiger partial charge in [-0.25, -0.2) is 4.39 Å². The van der Waals surface area contributed by atoms with Crippen molar-refractivity contribution in [2.24, 2.45) is 0 Å². The van der Waals surface area contributed by atoms with Gasteiger partial charge in [0.25, 0.3) is 11.8 Å². The van der Waals surface area contributed by atoms with Crippen molar-refractivity contribution in [3.8, 4) is 22.3 Å². The Labute approximate surface area is 215 Å². The van der Waals surface area contributed by atoms with Crippen LogP contribution in [0.15, 0.2) is 78.9 Å². The van der Waals surface area contributed by atoms with Gasteiger partial charge in [0.1, 0.15) is 11.5 Å². The van der Waals surface area contributed by atoms with Gasteiger partial charge in [-0.15, -0.1) is 0 Å². The summed E-state index contributed by atoms with van der Waals surface area (Å²) < 4.78 is 15.5. The second kappa shape index (κ2) is 10.6. The highest BCUT2D eigenvalue weighted by atomic mass is 19.1. The molecule has 0 aliphatic carbocycles. The van der Waals surface area contributed by atoms with Gasteiger partial charge >= 0.3 is 0 Å². The number of benzene rings is 3. The summed E-state index contributed by atoms with van der Waals surface area (Å²) in [5.41, 5.74) is 3.99. The Hall–Kier alpha value is -4.52. The van der Waals surface area contributed by atoms with E-state index in [4.69, 9.17) is 0 Å². The van der Waals surface area contributed by atoms with Crippen LogP contribution in [0.5, 0.6) is 0 Å². The first kappa shape index (κ1) is 25.6. The van der Waals surface area contributed by atoms with Gasteiger partial charge in [-0.1, -0.05) is 48.5 Å². The first-order chi connectivity index (χ1) is 17.7. The number of halogens is 1. The zero-order valence-corrected chi connectivity index (χ0v) is 21.2. The molecule has 0 fully saturated rings. The van der Waals surface area contributed by atoms with E-state index in [2.05, 4.69) is 5.32 Å². The number of carbonyl (C=O) groups is 3. The number of nitrogens with zero attached hydrogens (tertiary/aromatic N) is 2. The molecule has 0 aliphatic heterocycles. The standard InChI is InChI=1S/C30H28FN3O3/c1-19(2)34-25(18-35)26(21-13-15-23(31)16-14-21)27(20-9-6-5-7-10-20)28(34)29(36)32-24-12-8-11-22(17-24)30(37)33(3)4/h5-19H,1-4H3,(H,32,36). The molecule has 4 rings (SSSR count). The molecule has 37 heavy (non-hydrogen) atoms. The number of nitrogens with one attached hydrogen (secondary N) is 1. The SMILES string of the molecule is CC(C)n1c(C=O)c(-c2ccc(F)cc2)c(-c2ccccc2)c1C(=O)Nc1cccc(C(=O)N(C)C)c1. The van der Waals surface area contributed by atoms with E-state index in [1.807, 2.05) is 44.2 Å². The molecule has 0 unspecified atom stereocenters. The van der Waals surface area contributed by atoms with Gasteiger partial charge in [-0.3, -0.25) is 14.4 Å². The number of aromatic nitrogens is 1. The first-order valence-electron chi connectivity index (χ1n) is 11.9. The maximum absolute atomic E-state index is 13.9. The maximum atomic E-state index is 13.9. The molecule has 0 bridgehead atoms. The number of rotatable bonds is 7. The van der Waals surface area contributed by atoms with E-state index in [9.17, 15) is 18.8 Å². The molecule has 0 saturated heterocycles. The molecular weight excluding hydrogens is 469 g/mol. The maximum Gasteiger partial charge on any atom is 0.272 e. The van der Waals surface area contributed by atoms with E-state index in [1.54, 1.807) is 55.1 Å². The lowest BCUT2D eigenvalue weighted by Gasteiger charge is -2.17. The second-order valence-electron chi connectivity index (χ2n) is 9.17. The van der Waals surface area contributed by atoms with Crippen LogP contribution in [0.1, 0.15) is 51.2 Å². The molecule has 1 aromatic heterocycles. The fourth-order valence-electron chi connectivity index (χ4n) is 4.46. The predicted molar refractivity (Wildman–Crippen MR) is 143 cm³/mol. The number of anilines is 1. The van der Waals surface area contributed by atoms with Crippen LogP contribution >= 0.6 is 0 Å². The van der Waals surface area contributed by atoms with E-state index in [1.165, 1.54) is 17.0 Å². The Balaban J connectivity index is 1.94. The van der Waals surface area contributed by atoms with E-state index in [0.717, 1.165) is 11.8 Å². The Morgan fingerprint density at radius 3 is 2.14 bits per heavy atom. The van der Waals surface area contributed by atoms with E-state index < -0.39 is 11.7 Å². The van der Waals surface area contributed by atoms with Crippen molar-refractivity contribution in [3.63, 3.8) is 0 Å². The molecule has 6 nitrogen and oxygen atoms in total. The summed E-state index contributed by atoms with van der Waals surface area (Å²) in [5, 5.41) is 2.92. The third-order valence-corrected chi connectivity index (χ3v) is 6.06. The number of amides is 2. The molecule has 7 heteroatoms. The van der Waals surface area contributed by atoms with Crippen LogP contribution in [0.3, 0.4) is 0 Å². The molecule has 4 aromatic rings. The Morgan fingerprint density at radius 1 is 0.892 bits per heavy atom. The van der Waals surface area contributed by atoms with Crippen LogP contribution in [-0.2, 0) is 0 Å². The Bertz CT molecular complexity index is 1460. The number of hydrogen-bond acceptors (Lipinski definition) is 3.